The summed E-state index contributed by atoms with van der Waals surface area (Å²) in [5, 5.41) is 9.03. The second kappa shape index (κ2) is 8.31. The molecular weight excluding hydrogens is 417 g/mol. The lowest BCUT2D eigenvalue weighted by molar-refractivity contribution is -0.137. The molecule has 0 saturated heterocycles. The molecule has 1 aromatic heterocycles. The molecule has 3 aromatic rings. The number of aromatic nitrogens is 1. The summed E-state index contributed by atoms with van der Waals surface area (Å²) in [6.45, 7) is 0.708. The van der Waals surface area contributed by atoms with E-state index in [0.29, 0.717) is 23.6 Å². The van der Waals surface area contributed by atoms with Crippen molar-refractivity contribution in [1.82, 2.24) is 9.88 Å². The smallest absolute Gasteiger partial charge is 0.416 e. The third-order valence-electron chi connectivity index (χ3n) is 4.63. The molecule has 2 aromatic carbocycles. The molecular formula is C21H17F3N2O5. The van der Waals surface area contributed by atoms with E-state index in [0.717, 1.165) is 24.0 Å². The Balaban J connectivity index is 1.58. The van der Waals surface area contributed by atoms with E-state index in [2.05, 4.69) is 4.98 Å². The number of hydrogen-bond acceptors (Lipinski definition) is 6. The van der Waals surface area contributed by atoms with Gasteiger partial charge in [-0.3, -0.25) is 4.90 Å². The zero-order valence-corrected chi connectivity index (χ0v) is 16.1. The molecule has 1 aliphatic heterocycles. The fraction of sp³-hybridized carbons (Fsp3) is 0.238. The normalized spacial score (nSPS) is 13.0. The largest absolute Gasteiger partial charge is 0.476 e. The number of aromatic carboxylic acids is 1. The molecule has 0 unspecified atom stereocenters. The van der Waals surface area contributed by atoms with Gasteiger partial charge >= 0.3 is 12.1 Å². The minimum atomic E-state index is -4.45. The fourth-order valence-electron chi connectivity index (χ4n) is 3.24. The minimum absolute atomic E-state index is 0.0952. The van der Waals surface area contributed by atoms with Crippen LogP contribution in [-0.2, 0) is 25.8 Å². The van der Waals surface area contributed by atoms with Gasteiger partial charge in [0, 0.05) is 13.1 Å². The average Bonchev–Trinajstić information content (AvgIpc) is 3.36. The number of halogens is 3. The Kier molecular flexibility index (Phi) is 5.55. The second-order valence-electron chi connectivity index (χ2n) is 6.96. The molecule has 0 aliphatic carbocycles. The van der Waals surface area contributed by atoms with Crippen LogP contribution in [0, 0.1) is 0 Å². The molecule has 1 N–H and O–H groups in total. The number of carbonyl (C=O) groups is 1. The van der Waals surface area contributed by atoms with Crippen molar-refractivity contribution >= 4 is 5.97 Å². The van der Waals surface area contributed by atoms with Gasteiger partial charge in [0.15, 0.2) is 17.2 Å². The Labute approximate surface area is 174 Å². The summed E-state index contributed by atoms with van der Waals surface area (Å²) in [7, 11) is 0. The number of benzene rings is 2. The lowest BCUT2D eigenvalue weighted by atomic mass is 10.1. The highest BCUT2D eigenvalue weighted by atomic mass is 19.4. The van der Waals surface area contributed by atoms with E-state index in [1.165, 1.54) is 6.07 Å². The van der Waals surface area contributed by atoms with Gasteiger partial charge in [-0.2, -0.15) is 13.2 Å². The summed E-state index contributed by atoms with van der Waals surface area (Å²) >= 11 is 0. The molecule has 1 aliphatic rings. The molecule has 0 bridgehead atoms. The van der Waals surface area contributed by atoms with Gasteiger partial charge in [0.1, 0.15) is 6.26 Å². The molecule has 0 amide bonds. The molecule has 7 nitrogen and oxygen atoms in total. The van der Waals surface area contributed by atoms with Crippen molar-refractivity contribution in [2.45, 2.75) is 25.8 Å². The summed E-state index contributed by atoms with van der Waals surface area (Å²) in [5.74, 6) is 0.119. The van der Waals surface area contributed by atoms with Crippen LogP contribution in [0.4, 0.5) is 13.2 Å². The summed E-state index contributed by atoms with van der Waals surface area (Å²) in [6, 6.07) is 10.4. The monoisotopic (exact) mass is 434 g/mol. The highest BCUT2D eigenvalue weighted by Crippen LogP contribution is 2.33. The third kappa shape index (κ3) is 4.97. The maximum absolute atomic E-state index is 13.1. The maximum Gasteiger partial charge on any atom is 0.416 e. The standard InChI is InChI=1S/C21H17F3N2O5/c22-21(23,24)15-3-1-2-13(6-15)8-26(10-19-25-16(11-29-19)20(27)28)9-14-4-5-17-18(7-14)31-12-30-17/h1-7,11H,8-10,12H2,(H,27,28). The van der Waals surface area contributed by atoms with Crippen molar-refractivity contribution in [3.8, 4) is 11.5 Å². The third-order valence-corrected chi connectivity index (χ3v) is 4.63. The van der Waals surface area contributed by atoms with Crippen LogP contribution in [0.5, 0.6) is 11.5 Å². The zero-order valence-electron chi connectivity index (χ0n) is 16.1. The van der Waals surface area contributed by atoms with Gasteiger partial charge in [0.25, 0.3) is 0 Å². The van der Waals surface area contributed by atoms with Crippen LogP contribution < -0.4 is 9.47 Å². The van der Waals surface area contributed by atoms with Crippen LogP contribution in [0.2, 0.25) is 0 Å². The minimum Gasteiger partial charge on any atom is -0.476 e. The number of nitrogens with zero attached hydrogens (tertiary/aromatic N) is 2. The van der Waals surface area contributed by atoms with E-state index in [-0.39, 0.29) is 31.5 Å². The lowest BCUT2D eigenvalue weighted by Crippen LogP contribution is -2.23. The second-order valence-corrected chi connectivity index (χ2v) is 6.96. The molecule has 0 atom stereocenters. The number of carboxylic acid groups (broad SMARTS) is 1. The van der Waals surface area contributed by atoms with E-state index in [9.17, 15) is 18.0 Å². The van der Waals surface area contributed by atoms with Crippen LogP contribution >= 0.6 is 0 Å². The first-order valence-corrected chi connectivity index (χ1v) is 9.22. The van der Waals surface area contributed by atoms with Crippen molar-refractivity contribution in [2.75, 3.05) is 6.79 Å². The molecule has 0 spiro atoms. The number of oxazole rings is 1. The van der Waals surface area contributed by atoms with Gasteiger partial charge < -0.3 is 19.0 Å². The van der Waals surface area contributed by atoms with Crippen molar-refractivity contribution in [1.29, 1.82) is 0 Å². The zero-order chi connectivity index (χ0) is 22.0. The highest BCUT2D eigenvalue weighted by Gasteiger charge is 2.30. The number of alkyl halides is 3. The Morgan fingerprint density at radius 3 is 2.48 bits per heavy atom. The van der Waals surface area contributed by atoms with Crippen LogP contribution in [0.3, 0.4) is 0 Å². The summed E-state index contributed by atoms with van der Waals surface area (Å²) in [6.07, 6.45) is -3.42. The van der Waals surface area contributed by atoms with Crippen LogP contribution in [0.25, 0.3) is 0 Å². The fourth-order valence-corrected chi connectivity index (χ4v) is 3.24. The quantitative estimate of drug-likeness (QED) is 0.593. The van der Waals surface area contributed by atoms with Gasteiger partial charge in [0.2, 0.25) is 12.7 Å². The van der Waals surface area contributed by atoms with Crippen molar-refractivity contribution < 1.29 is 37.0 Å². The number of rotatable bonds is 7. The molecule has 0 saturated carbocycles. The van der Waals surface area contributed by atoms with Gasteiger partial charge in [-0.1, -0.05) is 24.3 Å². The SMILES string of the molecule is O=C(O)c1coc(CN(Cc2cccc(C(F)(F)F)c2)Cc2ccc3c(c2)OCO3)n1. The van der Waals surface area contributed by atoms with Crippen LogP contribution in [0.15, 0.2) is 53.1 Å². The van der Waals surface area contributed by atoms with Gasteiger partial charge in [-0.05, 0) is 29.3 Å². The maximum atomic E-state index is 13.1. The van der Waals surface area contributed by atoms with E-state index in [1.54, 1.807) is 23.1 Å². The van der Waals surface area contributed by atoms with E-state index in [4.69, 9.17) is 19.0 Å². The molecule has 0 fully saturated rings. The summed E-state index contributed by atoms with van der Waals surface area (Å²) in [5.41, 5.74) is 0.302. The van der Waals surface area contributed by atoms with Crippen molar-refractivity contribution in [3.05, 3.63) is 77.0 Å². The predicted octanol–water partition coefficient (Wildman–Crippen LogP) is 4.32. The highest BCUT2D eigenvalue weighted by molar-refractivity contribution is 5.84. The first-order chi connectivity index (χ1) is 14.8. The van der Waals surface area contributed by atoms with Gasteiger partial charge in [-0.15, -0.1) is 0 Å². The number of hydrogen-bond donors (Lipinski definition) is 1. The lowest BCUT2D eigenvalue weighted by Gasteiger charge is -2.22. The van der Waals surface area contributed by atoms with E-state index >= 15 is 0 Å². The van der Waals surface area contributed by atoms with Crippen LogP contribution in [0.1, 0.15) is 33.1 Å². The number of ether oxygens (including phenoxy) is 2. The first-order valence-electron chi connectivity index (χ1n) is 9.22. The Hall–Kier alpha value is -3.53. The Bertz CT molecular complexity index is 1100. The number of fused-ring (bicyclic) bond motifs is 1. The first kappa shape index (κ1) is 20.7. The predicted molar refractivity (Wildman–Crippen MR) is 100 cm³/mol. The molecule has 10 heteroatoms. The molecule has 2 heterocycles. The average molecular weight is 434 g/mol. The van der Waals surface area contributed by atoms with Crippen LogP contribution in [-0.4, -0.2) is 27.8 Å². The Morgan fingerprint density at radius 1 is 1.03 bits per heavy atom. The van der Waals surface area contributed by atoms with Gasteiger partial charge in [0.05, 0.1) is 12.1 Å². The molecule has 162 valence electrons. The van der Waals surface area contributed by atoms with E-state index in [1.807, 2.05) is 6.07 Å². The molecule has 4 rings (SSSR count). The molecule has 31 heavy (non-hydrogen) atoms. The van der Waals surface area contributed by atoms with Crippen molar-refractivity contribution in [2.24, 2.45) is 0 Å². The van der Waals surface area contributed by atoms with Crippen molar-refractivity contribution in [3.63, 3.8) is 0 Å². The summed E-state index contributed by atoms with van der Waals surface area (Å²) in [4.78, 5) is 16.8. The topological polar surface area (TPSA) is 85.0 Å². The molecule has 0 radical (unpaired) electrons. The summed E-state index contributed by atoms with van der Waals surface area (Å²) < 4.78 is 55.2. The Morgan fingerprint density at radius 2 is 1.77 bits per heavy atom. The van der Waals surface area contributed by atoms with E-state index < -0.39 is 17.7 Å². The number of carboxylic acids is 1. The van der Waals surface area contributed by atoms with Gasteiger partial charge in [-0.25, -0.2) is 9.78 Å².